The summed E-state index contributed by atoms with van der Waals surface area (Å²) in [6.45, 7) is 2.15. The molecule has 0 bridgehead atoms. The predicted molar refractivity (Wildman–Crippen MR) is 64.1 cm³/mol. The SMILES string of the molecule is CCOC1=CC(=O)C(c2ccccc2)=CC1=O. The van der Waals surface area contributed by atoms with Crippen molar-refractivity contribution in [2.75, 3.05) is 6.61 Å². The summed E-state index contributed by atoms with van der Waals surface area (Å²) >= 11 is 0. The van der Waals surface area contributed by atoms with Gasteiger partial charge in [-0.25, -0.2) is 0 Å². The molecule has 0 heterocycles. The van der Waals surface area contributed by atoms with E-state index in [0.717, 1.165) is 5.56 Å². The van der Waals surface area contributed by atoms with Crippen LogP contribution < -0.4 is 0 Å². The molecule has 0 N–H and O–H groups in total. The fourth-order valence-corrected chi connectivity index (χ4v) is 1.65. The van der Waals surface area contributed by atoms with Crippen molar-refractivity contribution in [2.45, 2.75) is 6.92 Å². The highest BCUT2D eigenvalue weighted by atomic mass is 16.5. The van der Waals surface area contributed by atoms with Crippen LogP contribution in [0.4, 0.5) is 0 Å². The van der Waals surface area contributed by atoms with Gasteiger partial charge in [-0.15, -0.1) is 0 Å². The molecule has 0 amide bonds. The summed E-state index contributed by atoms with van der Waals surface area (Å²) in [5.41, 5.74) is 1.16. The molecule has 86 valence electrons. The van der Waals surface area contributed by atoms with Crippen LogP contribution in [0.1, 0.15) is 12.5 Å². The molecule has 0 radical (unpaired) electrons. The number of allylic oxidation sites excluding steroid dienone is 3. The Morgan fingerprint density at radius 2 is 1.71 bits per heavy atom. The molecule has 1 aromatic carbocycles. The normalized spacial score (nSPS) is 15.4. The molecule has 0 saturated heterocycles. The highest BCUT2D eigenvalue weighted by Crippen LogP contribution is 2.21. The molecule has 0 aromatic heterocycles. The van der Waals surface area contributed by atoms with Gasteiger partial charge in [0.25, 0.3) is 0 Å². The summed E-state index contributed by atoms with van der Waals surface area (Å²) in [6.07, 6.45) is 2.59. The minimum Gasteiger partial charge on any atom is -0.490 e. The Morgan fingerprint density at radius 1 is 1.00 bits per heavy atom. The van der Waals surface area contributed by atoms with Gasteiger partial charge in [0.2, 0.25) is 5.78 Å². The summed E-state index contributed by atoms with van der Waals surface area (Å²) in [6, 6.07) is 9.12. The Bertz CT molecular complexity index is 510. The number of ketones is 2. The van der Waals surface area contributed by atoms with E-state index in [-0.39, 0.29) is 17.3 Å². The zero-order chi connectivity index (χ0) is 12.3. The van der Waals surface area contributed by atoms with Gasteiger partial charge in [-0.05, 0) is 12.5 Å². The van der Waals surface area contributed by atoms with Gasteiger partial charge in [0.05, 0.1) is 6.61 Å². The van der Waals surface area contributed by atoms with Crippen LogP contribution in [0.2, 0.25) is 0 Å². The lowest BCUT2D eigenvalue weighted by molar-refractivity contribution is -0.116. The summed E-state index contributed by atoms with van der Waals surface area (Å²) in [5, 5.41) is 0. The highest BCUT2D eigenvalue weighted by Gasteiger charge is 2.21. The Hall–Kier alpha value is -2.16. The number of ether oxygens (including phenoxy) is 1. The van der Waals surface area contributed by atoms with Crippen LogP contribution in [0.5, 0.6) is 0 Å². The van der Waals surface area contributed by atoms with E-state index in [1.54, 1.807) is 19.1 Å². The molecule has 1 aromatic rings. The molecule has 2 rings (SSSR count). The molecule has 3 nitrogen and oxygen atoms in total. The summed E-state index contributed by atoms with van der Waals surface area (Å²) in [5.74, 6) is -0.332. The maximum Gasteiger partial charge on any atom is 0.221 e. The lowest BCUT2D eigenvalue weighted by Gasteiger charge is -2.12. The van der Waals surface area contributed by atoms with Crippen molar-refractivity contribution >= 4 is 17.1 Å². The monoisotopic (exact) mass is 228 g/mol. The Labute approximate surface area is 99.4 Å². The minimum atomic E-state index is -0.259. The maximum absolute atomic E-state index is 11.8. The van der Waals surface area contributed by atoms with Crippen LogP contribution in [-0.2, 0) is 14.3 Å². The van der Waals surface area contributed by atoms with E-state index in [1.165, 1.54) is 12.2 Å². The second-order valence-corrected chi connectivity index (χ2v) is 3.59. The van der Waals surface area contributed by atoms with E-state index in [9.17, 15) is 9.59 Å². The average Bonchev–Trinajstić information content (AvgIpc) is 2.35. The van der Waals surface area contributed by atoms with Gasteiger partial charge in [0.15, 0.2) is 11.5 Å². The fourth-order valence-electron chi connectivity index (χ4n) is 1.65. The number of rotatable bonds is 3. The zero-order valence-corrected chi connectivity index (χ0v) is 9.47. The van der Waals surface area contributed by atoms with Gasteiger partial charge in [0, 0.05) is 17.7 Å². The van der Waals surface area contributed by atoms with Crippen LogP contribution in [0.25, 0.3) is 5.57 Å². The van der Waals surface area contributed by atoms with Crippen molar-refractivity contribution in [2.24, 2.45) is 0 Å². The van der Waals surface area contributed by atoms with E-state index >= 15 is 0 Å². The standard InChI is InChI=1S/C14H12O3/c1-2-17-14-9-12(15)11(8-13(14)16)10-6-4-3-5-7-10/h3-9H,2H2,1H3. The van der Waals surface area contributed by atoms with Crippen LogP contribution >= 0.6 is 0 Å². The summed E-state index contributed by atoms with van der Waals surface area (Å²) < 4.78 is 5.10. The summed E-state index contributed by atoms with van der Waals surface area (Å²) in [7, 11) is 0. The van der Waals surface area contributed by atoms with Gasteiger partial charge in [-0.1, -0.05) is 30.3 Å². The van der Waals surface area contributed by atoms with Crippen molar-refractivity contribution < 1.29 is 14.3 Å². The van der Waals surface area contributed by atoms with E-state index in [1.807, 2.05) is 18.2 Å². The first-order valence-corrected chi connectivity index (χ1v) is 5.42. The number of carbonyl (C=O) groups excluding carboxylic acids is 2. The first-order valence-electron chi connectivity index (χ1n) is 5.42. The second kappa shape index (κ2) is 4.78. The molecular formula is C14H12O3. The molecule has 3 heteroatoms. The summed E-state index contributed by atoms with van der Waals surface area (Å²) in [4.78, 5) is 23.5. The molecular weight excluding hydrogens is 216 g/mol. The molecule has 0 saturated carbocycles. The fraction of sp³-hybridized carbons (Fsp3) is 0.143. The van der Waals surface area contributed by atoms with Crippen LogP contribution in [0, 0.1) is 0 Å². The van der Waals surface area contributed by atoms with Crippen LogP contribution in [-0.4, -0.2) is 18.2 Å². The molecule has 0 atom stereocenters. The quantitative estimate of drug-likeness (QED) is 0.744. The smallest absolute Gasteiger partial charge is 0.221 e. The molecule has 0 aliphatic heterocycles. The molecule has 1 aliphatic rings. The van der Waals surface area contributed by atoms with Gasteiger partial charge in [0.1, 0.15) is 0 Å². The average molecular weight is 228 g/mol. The topological polar surface area (TPSA) is 43.4 Å². The molecule has 17 heavy (non-hydrogen) atoms. The van der Waals surface area contributed by atoms with Crippen molar-refractivity contribution in [1.82, 2.24) is 0 Å². The maximum atomic E-state index is 11.8. The lowest BCUT2D eigenvalue weighted by atomic mass is 9.95. The van der Waals surface area contributed by atoms with Crippen molar-refractivity contribution in [3.05, 3.63) is 53.8 Å². The molecule has 0 spiro atoms. The van der Waals surface area contributed by atoms with E-state index in [4.69, 9.17) is 4.74 Å². The Morgan fingerprint density at radius 3 is 2.35 bits per heavy atom. The Kier molecular flexibility index (Phi) is 3.19. The molecule has 1 aliphatic carbocycles. The number of carbonyl (C=O) groups is 2. The first kappa shape index (κ1) is 11.3. The van der Waals surface area contributed by atoms with Gasteiger partial charge in [-0.3, -0.25) is 9.59 Å². The van der Waals surface area contributed by atoms with Gasteiger partial charge < -0.3 is 4.74 Å². The van der Waals surface area contributed by atoms with Crippen molar-refractivity contribution in [3.63, 3.8) is 0 Å². The molecule has 0 unspecified atom stereocenters. The minimum absolute atomic E-state index is 0.122. The van der Waals surface area contributed by atoms with Crippen LogP contribution in [0.3, 0.4) is 0 Å². The predicted octanol–water partition coefficient (Wildman–Crippen LogP) is 2.14. The number of hydrogen-bond acceptors (Lipinski definition) is 3. The number of hydrogen-bond donors (Lipinski definition) is 0. The lowest BCUT2D eigenvalue weighted by Crippen LogP contribution is -2.14. The number of benzene rings is 1. The van der Waals surface area contributed by atoms with Crippen LogP contribution in [0.15, 0.2) is 48.2 Å². The van der Waals surface area contributed by atoms with Gasteiger partial charge >= 0.3 is 0 Å². The highest BCUT2D eigenvalue weighted by molar-refractivity contribution is 6.34. The van der Waals surface area contributed by atoms with Gasteiger partial charge in [-0.2, -0.15) is 0 Å². The zero-order valence-electron chi connectivity index (χ0n) is 9.47. The van der Waals surface area contributed by atoms with E-state index < -0.39 is 0 Å². The third kappa shape index (κ3) is 2.33. The largest absolute Gasteiger partial charge is 0.490 e. The second-order valence-electron chi connectivity index (χ2n) is 3.59. The third-order valence-corrected chi connectivity index (χ3v) is 2.43. The first-order chi connectivity index (χ1) is 8.22. The van der Waals surface area contributed by atoms with E-state index in [0.29, 0.717) is 12.2 Å². The van der Waals surface area contributed by atoms with Crippen molar-refractivity contribution in [3.8, 4) is 0 Å². The third-order valence-electron chi connectivity index (χ3n) is 2.43. The van der Waals surface area contributed by atoms with Crippen molar-refractivity contribution in [1.29, 1.82) is 0 Å². The van der Waals surface area contributed by atoms with E-state index in [2.05, 4.69) is 0 Å². The molecule has 0 fully saturated rings. The Balaban J connectivity index is 2.32.